The van der Waals surface area contributed by atoms with Crippen LogP contribution in [0.3, 0.4) is 0 Å². The van der Waals surface area contributed by atoms with Crippen LogP contribution in [0.25, 0.3) is 0 Å². The van der Waals surface area contributed by atoms with Gasteiger partial charge >= 0.3 is 0 Å². The quantitative estimate of drug-likeness (QED) is 0.572. The predicted molar refractivity (Wildman–Crippen MR) is 60.8 cm³/mol. The van der Waals surface area contributed by atoms with Gasteiger partial charge in [-0.1, -0.05) is 13.8 Å². The summed E-state index contributed by atoms with van der Waals surface area (Å²) in [5.74, 6) is 0.378. The molecule has 1 amide bonds. The number of hydrogen-bond acceptors (Lipinski definition) is 4. The summed E-state index contributed by atoms with van der Waals surface area (Å²) in [5, 5.41) is 18.0. The minimum absolute atomic E-state index is 0.0759. The Morgan fingerprint density at radius 3 is 2.81 bits per heavy atom. The number of nitrogens with one attached hydrogen (secondary N) is 2. The Kier molecular flexibility index (Phi) is 4.30. The van der Waals surface area contributed by atoms with Gasteiger partial charge in [0.15, 0.2) is 0 Å². The molecule has 0 spiro atoms. The Morgan fingerprint density at radius 2 is 2.38 bits per heavy atom. The monoisotopic (exact) mass is 226 g/mol. The van der Waals surface area contributed by atoms with E-state index >= 15 is 0 Å². The SMILES string of the molecule is CC(C)CC(CO)NC(=O)c1cc(N)n[nH]1. The van der Waals surface area contributed by atoms with Gasteiger partial charge in [0.05, 0.1) is 12.6 Å². The molecule has 1 heterocycles. The molecule has 90 valence electrons. The van der Waals surface area contributed by atoms with Crippen LogP contribution in [0.15, 0.2) is 6.07 Å². The summed E-state index contributed by atoms with van der Waals surface area (Å²) in [4.78, 5) is 11.7. The lowest BCUT2D eigenvalue weighted by Gasteiger charge is -2.17. The number of H-pyrrole nitrogens is 1. The molecular formula is C10H18N4O2. The number of anilines is 1. The van der Waals surface area contributed by atoms with Crippen molar-refractivity contribution in [2.45, 2.75) is 26.3 Å². The number of aliphatic hydroxyl groups excluding tert-OH is 1. The molecule has 16 heavy (non-hydrogen) atoms. The van der Waals surface area contributed by atoms with E-state index < -0.39 is 0 Å². The molecular weight excluding hydrogens is 208 g/mol. The molecule has 1 atom stereocenters. The van der Waals surface area contributed by atoms with Crippen molar-refractivity contribution in [2.75, 3.05) is 12.3 Å². The highest BCUT2D eigenvalue weighted by Crippen LogP contribution is 2.06. The van der Waals surface area contributed by atoms with Crippen molar-refractivity contribution >= 4 is 11.7 Å². The summed E-state index contributed by atoms with van der Waals surface area (Å²) in [5.41, 5.74) is 5.69. The maximum atomic E-state index is 11.7. The molecule has 0 saturated carbocycles. The number of carbonyl (C=O) groups excluding carboxylic acids is 1. The molecule has 0 aliphatic heterocycles. The number of aliphatic hydroxyl groups is 1. The number of aromatic amines is 1. The molecule has 1 aromatic heterocycles. The molecule has 0 saturated heterocycles. The zero-order valence-electron chi connectivity index (χ0n) is 9.53. The smallest absolute Gasteiger partial charge is 0.269 e. The van der Waals surface area contributed by atoms with Crippen molar-refractivity contribution < 1.29 is 9.90 Å². The van der Waals surface area contributed by atoms with E-state index in [2.05, 4.69) is 15.5 Å². The van der Waals surface area contributed by atoms with Crippen LogP contribution in [-0.4, -0.2) is 33.9 Å². The second-order valence-corrected chi connectivity index (χ2v) is 4.19. The Labute approximate surface area is 94.2 Å². The molecule has 0 radical (unpaired) electrons. The zero-order chi connectivity index (χ0) is 12.1. The average molecular weight is 226 g/mol. The highest BCUT2D eigenvalue weighted by molar-refractivity contribution is 5.93. The van der Waals surface area contributed by atoms with Crippen LogP contribution in [0, 0.1) is 5.92 Å². The van der Waals surface area contributed by atoms with E-state index in [-0.39, 0.29) is 24.4 Å². The predicted octanol–water partition coefficient (Wildman–Crippen LogP) is 0.129. The van der Waals surface area contributed by atoms with Gasteiger partial charge in [0, 0.05) is 6.07 Å². The van der Waals surface area contributed by atoms with Crippen LogP contribution < -0.4 is 11.1 Å². The zero-order valence-corrected chi connectivity index (χ0v) is 9.53. The minimum atomic E-state index is -0.302. The molecule has 0 fully saturated rings. The standard InChI is InChI=1S/C10H18N4O2/c1-6(2)3-7(5-15)12-10(16)8-4-9(11)14-13-8/h4,6-7,15H,3,5H2,1-2H3,(H,12,16)(H3,11,13,14). The van der Waals surface area contributed by atoms with E-state index in [1.165, 1.54) is 6.07 Å². The molecule has 0 bridgehead atoms. The molecule has 1 rings (SSSR count). The molecule has 1 unspecified atom stereocenters. The van der Waals surface area contributed by atoms with E-state index in [4.69, 9.17) is 10.8 Å². The van der Waals surface area contributed by atoms with E-state index in [9.17, 15) is 4.79 Å². The first-order valence-electron chi connectivity index (χ1n) is 5.25. The maximum absolute atomic E-state index is 11.7. The number of amides is 1. The Morgan fingerprint density at radius 1 is 1.69 bits per heavy atom. The average Bonchev–Trinajstić information content (AvgIpc) is 2.63. The van der Waals surface area contributed by atoms with Gasteiger partial charge in [-0.15, -0.1) is 0 Å². The van der Waals surface area contributed by atoms with Crippen LogP contribution in [0.5, 0.6) is 0 Å². The first-order valence-corrected chi connectivity index (χ1v) is 5.25. The molecule has 0 aromatic carbocycles. The fourth-order valence-corrected chi connectivity index (χ4v) is 1.46. The normalized spacial score (nSPS) is 12.8. The second kappa shape index (κ2) is 5.50. The molecule has 1 aromatic rings. The number of carbonyl (C=O) groups is 1. The third-order valence-corrected chi connectivity index (χ3v) is 2.15. The lowest BCUT2D eigenvalue weighted by Crippen LogP contribution is -2.38. The first-order chi connectivity index (χ1) is 7.52. The van der Waals surface area contributed by atoms with Gasteiger partial charge in [-0.25, -0.2) is 0 Å². The number of nitrogens with zero attached hydrogens (tertiary/aromatic N) is 1. The van der Waals surface area contributed by atoms with Gasteiger partial charge in [-0.3, -0.25) is 9.89 Å². The third kappa shape index (κ3) is 3.54. The largest absolute Gasteiger partial charge is 0.394 e. The summed E-state index contributed by atoms with van der Waals surface area (Å²) < 4.78 is 0. The number of nitrogens with two attached hydrogens (primary N) is 1. The van der Waals surface area contributed by atoms with Gasteiger partial charge in [0.1, 0.15) is 11.5 Å². The van der Waals surface area contributed by atoms with Crippen molar-refractivity contribution in [3.05, 3.63) is 11.8 Å². The van der Waals surface area contributed by atoms with Crippen LogP contribution >= 0.6 is 0 Å². The topological polar surface area (TPSA) is 104 Å². The Balaban J connectivity index is 2.55. The lowest BCUT2D eigenvalue weighted by molar-refractivity contribution is 0.0903. The summed E-state index contributed by atoms with van der Waals surface area (Å²) >= 11 is 0. The van der Waals surface area contributed by atoms with Crippen LogP contribution in [-0.2, 0) is 0 Å². The highest BCUT2D eigenvalue weighted by atomic mass is 16.3. The maximum Gasteiger partial charge on any atom is 0.269 e. The molecule has 5 N–H and O–H groups in total. The summed E-state index contributed by atoms with van der Waals surface area (Å²) in [7, 11) is 0. The number of hydrogen-bond donors (Lipinski definition) is 4. The van der Waals surface area contributed by atoms with Crippen LogP contribution in [0.4, 0.5) is 5.82 Å². The molecule has 6 nitrogen and oxygen atoms in total. The highest BCUT2D eigenvalue weighted by Gasteiger charge is 2.15. The summed E-state index contributed by atoms with van der Waals surface area (Å²) in [6.07, 6.45) is 0.728. The van der Waals surface area contributed by atoms with Gasteiger partial charge in [0.25, 0.3) is 5.91 Å². The van der Waals surface area contributed by atoms with E-state index in [0.717, 1.165) is 6.42 Å². The first kappa shape index (κ1) is 12.5. The fraction of sp³-hybridized carbons (Fsp3) is 0.600. The van der Waals surface area contributed by atoms with Crippen molar-refractivity contribution in [1.82, 2.24) is 15.5 Å². The molecule has 0 aliphatic rings. The number of rotatable bonds is 5. The van der Waals surface area contributed by atoms with Gasteiger partial charge in [-0.2, -0.15) is 5.10 Å². The van der Waals surface area contributed by atoms with Crippen LogP contribution in [0.1, 0.15) is 30.8 Å². The second-order valence-electron chi connectivity index (χ2n) is 4.19. The van der Waals surface area contributed by atoms with Crippen molar-refractivity contribution in [3.8, 4) is 0 Å². The molecule has 6 heteroatoms. The summed E-state index contributed by atoms with van der Waals surface area (Å²) in [6, 6.07) is 1.22. The van der Waals surface area contributed by atoms with E-state index in [1.54, 1.807) is 0 Å². The van der Waals surface area contributed by atoms with E-state index in [0.29, 0.717) is 11.6 Å². The third-order valence-electron chi connectivity index (χ3n) is 2.15. The number of nitrogen functional groups attached to an aromatic ring is 1. The van der Waals surface area contributed by atoms with Crippen LogP contribution in [0.2, 0.25) is 0 Å². The van der Waals surface area contributed by atoms with Gasteiger partial charge in [-0.05, 0) is 12.3 Å². The Hall–Kier alpha value is -1.56. The van der Waals surface area contributed by atoms with Crippen molar-refractivity contribution in [2.24, 2.45) is 5.92 Å². The Bertz CT molecular complexity index is 348. The summed E-state index contributed by atoms with van der Waals surface area (Å²) in [6.45, 7) is 3.99. The van der Waals surface area contributed by atoms with Gasteiger partial charge in [0.2, 0.25) is 0 Å². The van der Waals surface area contributed by atoms with Crippen molar-refractivity contribution in [3.63, 3.8) is 0 Å². The van der Waals surface area contributed by atoms with E-state index in [1.807, 2.05) is 13.8 Å². The van der Waals surface area contributed by atoms with Crippen molar-refractivity contribution in [1.29, 1.82) is 0 Å². The van der Waals surface area contributed by atoms with Gasteiger partial charge < -0.3 is 16.2 Å². The lowest BCUT2D eigenvalue weighted by atomic mass is 10.0. The molecule has 0 aliphatic carbocycles. The number of aromatic nitrogens is 2. The minimum Gasteiger partial charge on any atom is -0.394 e. The fourth-order valence-electron chi connectivity index (χ4n) is 1.46.